The number of benzene rings is 2. The molecule has 2 aromatic carbocycles. The van der Waals surface area contributed by atoms with Crippen LogP contribution in [0.4, 0.5) is 5.69 Å². The van der Waals surface area contributed by atoms with Crippen molar-refractivity contribution in [3.8, 4) is 11.4 Å². The average molecular weight is 402 g/mol. The second-order valence-electron chi connectivity index (χ2n) is 5.48. The Morgan fingerprint density at radius 3 is 2.64 bits per heavy atom. The second kappa shape index (κ2) is 7.43. The van der Waals surface area contributed by atoms with Gasteiger partial charge in [0, 0.05) is 5.69 Å². The molecule has 1 heterocycles. The number of aryl methyl sites for hydroxylation is 1. The van der Waals surface area contributed by atoms with Gasteiger partial charge in [0.2, 0.25) is 0 Å². The predicted molar refractivity (Wildman–Crippen MR) is 96.8 cm³/mol. The summed E-state index contributed by atoms with van der Waals surface area (Å²) in [6, 6.07) is 12.9. The lowest BCUT2D eigenvalue weighted by Crippen LogP contribution is -2.30. The van der Waals surface area contributed by atoms with Crippen LogP contribution in [-0.2, 0) is 4.79 Å². The molecule has 0 saturated carbocycles. The van der Waals surface area contributed by atoms with Crippen LogP contribution in [0.3, 0.4) is 0 Å². The van der Waals surface area contributed by atoms with Gasteiger partial charge in [0.1, 0.15) is 12.1 Å². The lowest BCUT2D eigenvalue weighted by Gasteiger charge is -2.16. The molecule has 8 heteroatoms. The van der Waals surface area contributed by atoms with E-state index >= 15 is 0 Å². The molecule has 0 bridgehead atoms. The van der Waals surface area contributed by atoms with Gasteiger partial charge in [-0.25, -0.2) is 4.68 Å². The highest BCUT2D eigenvalue weighted by Gasteiger charge is 2.16. The fourth-order valence-electron chi connectivity index (χ4n) is 2.17. The van der Waals surface area contributed by atoms with E-state index in [1.165, 1.54) is 11.0 Å². The zero-order valence-electron chi connectivity index (χ0n) is 13.7. The van der Waals surface area contributed by atoms with Crippen molar-refractivity contribution < 1.29 is 9.53 Å². The zero-order valence-corrected chi connectivity index (χ0v) is 15.3. The summed E-state index contributed by atoms with van der Waals surface area (Å²) in [5.41, 5.74) is 2.58. The molecule has 1 atom stereocenters. The summed E-state index contributed by atoms with van der Waals surface area (Å²) in [4.78, 5) is 12.3. The van der Waals surface area contributed by atoms with E-state index in [-0.39, 0.29) is 5.91 Å². The molecule has 128 valence electrons. The van der Waals surface area contributed by atoms with Crippen molar-refractivity contribution in [1.29, 1.82) is 0 Å². The van der Waals surface area contributed by atoms with Gasteiger partial charge in [-0.3, -0.25) is 4.79 Å². The molecule has 25 heavy (non-hydrogen) atoms. The highest BCUT2D eigenvalue weighted by molar-refractivity contribution is 9.10. The maximum absolute atomic E-state index is 12.3. The SMILES string of the molecule is Cc1ccc(O[C@H](C)C(=O)Nc2ccc(-n3cnnn3)cc2)c(Br)c1. The first-order valence-electron chi connectivity index (χ1n) is 7.60. The van der Waals surface area contributed by atoms with E-state index in [2.05, 4.69) is 36.8 Å². The molecule has 1 aromatic heterocycles. The molecule has 0 saturated heterocycles. The standard InChI is InChI=1S/C17H16BrN5O2/c1-11-3-8-16(15(18)9-11)25-12(2)17(24)20-13-4-6-14(7-5-13)23-10-19-21-22-23/h3-10,12H,1-2H3,(H,20,24)/t12-/m1/s1. The van der Waals surface area contributed by atoms with E-state index in [1.54, 1.807) is 19.1 Å². The number of tetrazole rings is 1. The van der Waals surface area contributed by atoms with Gasteiger partial charge in [-0.05, 0) is 82.2 Å². The molecule has 0 aliphatic rings. The molecule has 3 aromatic rings. The first kappa shape index (κ1) is 17.1. The molecule has 0 aliphatic carbocycles. The van der Waals surface area contributed by atoms with E-state index in [0.29, 0.717) is 11.4 Å². The number of nitrogens with zero attached hydrogens (tertiary/aromatic N) is 4. The summed E-state index contributed by atoms with van der Waals surface area (Å²) in [7, 11) is 0. The third kappa shape index (κ3) is 4.21. The molecule has 0 aliphatic heterocycles. The largest absolute Gasteiger partial charge is 0.480 e. The normalized spacial score (nSPS) is 11.8. The zero-order chi connectivity index (χ0) is 17.8. The first-order valence-corrected chi connectivity index (χ1v) is 8.39. The minimum absolute atomic E-state index is 0.234. The van der Waals surface area contributed by atoms with Gasteiger partial charge < -0.3 is 10.1 Å². The predicted octanol–water partition coefficient (Wildman–Crippen LogP) is 3.14. The Morgan fingerprint density at radius 1 is 1.24 bits per heavy atom. The molecule has 0 spiro atoms. The molecule has 3 rings (SSSR count). The molecule has 1 amide bonds. The molecule has 0 fully saturated rings. The van der Waals surface area contributed by atoms with Crippen LogP contribution < -0.4 is 10.1 Å². The lowest BCUT2D eigenvalue weighted by atomic mass is 10.2. The fourth-order valence-corrected chi connectivity index (χ4v) is 2.75. The third-order valence-corrected chi connectivity index (χ3v) is 4.13. The summed E-state index contributed by atoms with van der Waals surface area (Å²) < 4.78 is 8.08. The van der Waals surface area contributed by atoms with Crippen LogP contribution >= 0.6 is 15.9 Å². The number of halogens is 1. The number of aromatic nitrogens is 4. The van der Waals surface area contributed by atoms with Crippen molar-refractivity contribution in [2.75, 3.05) is 5.32 Å². The highest BCUT2D eigenvalue weighted by atomic mass is 79.9. The van der Waals surface area contributed by atoms with Gasteiger partial charge in [0.25, 0.3) is 5.91 Å². The quantitative estimate of drug-likeness (QED) is 0.709. The first-order chi connectivity index (χ1) is 12.0. The van der Waals surface area contributed by atoms with Crippen LogP contribution in [0.15, 0.2) is 53.3 Å². The Morgan fingerprint density at radius 2 is 2.00 bits per heavy atom. The van der Waals surface area contributed by atoms with Gasteiger partial charge in [0.05, 0.1) is 10.2 Å². The van der Waals surface area contributed by atoms with Crippen molar-refractivity contribution in [1.82, 2.24) is 20.2 Å². The number of hydrogen-bond acceptors (Lipinski definition) is 5. The molecule has 7 nitrogen and oxygen atoms in total. The average Bonchev–Trinajstić information content (AvgIpc) is 3.12. The summed E-state index contributed by atoms with van der Waals surface area (Å²) in [5.74, 6) is 0.393. The van der Waals surface area contributed by atoms with Crippen LogP contribution in [0, 0.1) is 6.92 Å². The number of carbonyl (C=O) groups excluding carboxylic acids is 1. The van der Waals surface area contributed by atoms with Crippen molar-refractivity contribution >= 4 is 27.5 Å². The van der Waals surface area contributed by atoms with Gasteiger partial charge in [-0.1, -0.05) is 6.07 Å². The fraction of sp³-hybridized carbons (Fsp3) is 0.176. The molecule has 0 unspecified atom stereocenters. The van der Waals surface area contributed by atoms with Crippen LogP contribution in [0.1, 0.15) is 12.5 Å². The summed E-state index contributed by atoms with van der Waals surface area (Å²) >= 11 is 3.44. The lowest BCUT2D eigenvalue weighted by molar-refractivity contribution is -0.122. The Kier molecular flexibility index (Phi) is 5.08. The number of rotatable bonds is 5. The van der Waals surface area contributed by atoms with Crippen molar-refractivity contribution in [3.63, 3.8) is 0 Å². The maximum Gasteiger partial charge on any atom is 0.265 e. The molecule has 1 N–H and O–H groups in total. The third-order valence-electron chi connectivity index (χ3n) is 3.51. The summed E-state index contributed by atoms with van der Waals surface area (Å²) in [6.07, 6.45) is 0.862. The molecular weight excluding hydrogens is 386 g/mol. The Bertz CT molecular complexity index is 865. The minimum Gasteiger partial charge on any atom is -0.480 e. The van der Waals surface area contributed by atoms with E-state index in [1.807, 2.05) is 37.3 Å². The van der Waals surface area contributed by atoms with Crippen LogP contribution in [-0.4, -0.2) is 32.2 Å². The highest BCUT2D eigenvalue weighted by Crippen LogP contribution is 2.26. The summed E-state index contributed by atoms with van der Waals surface area (Å²) in [5, 5.41) is 13.8. The maximum atomic E-state index is 12.3. The van der Waals surface area contributed by atoms with Crippen molar-refractivity contribution in [3.05, 3.63) is 58.8 Å². The van der Waals surface area contributed by atoms with Crippen molar-refractivity contribution in [2.24, 2.45) is 0 Å². The van der Waals surface area contributed by atoms with Crippen LogP contribution in [0.25, 0.3) is 5.69 Å². The van der Waals surface area contributed by atoms with Gasteiger partial charge in [-0.15, -0.1) is 5.10 Å². The number of anilines is 1. The number of ether oxygens (including phenoxy) is 1. The number of hydrogen-bond donors (Lipinski definition) is 1. The molecule has 0 radical (unpaired) electrons. The van der Waals surface area contributed by atoms with E-state index in [9.17, 15) is 4.79 Å². The molecular formula is C17H16BrN5O2. The smallest absolute Gasteiger partial charge is 0.265 e. The monoisotopic (exact) mass is 401 g/mol. The number of amides is 1. The van der Waals surface area contributed by atoms with E-state index in [4.69, 9.17) is 4.74 Å². The van der Waals surface area contributed by atoms with Gasteiger partial charge >= 0.3 is 0 Å². The summed E-state index contributed by atoms with van der Waals surface area (Å²) in [6.45, 7) is 3.70. The van der Waals surface area contributed by atoms with Crippen molar-refractivity contribution in [2.45, 2.75) is 20.0 Å². The minimum atomic E-state index is -0.641. The van der Waals surface area contributed by atoms with Gasteiger partial charge in [0.15, 0.2) is 6.10 Å². The Balaban J connectivity index is 1.63. The van der Waals surface area contributed by atoms with Gasteiger partial charge in [-0.2, -0.15) is 0 Å². The van der Waals surface area contributed by atoms with E-state index < -0.39 is 6.10 Å². The number of carbonyl (C=O) groups is 1. The van der Waals surface area contributed by atoms with Crippen LogP contribution in [0.2, 0.25) is 0 Å². The van der Waals surface area contributed by atoms with E-state index in [0.717, 1.165) is 15.7 Å². The Hall–Kier alpha value is -2.74. The van der Waals surface area contributed by atoms with Crippen LogP contribution in [0.5, 0.6) is 5.75 Å². The number of nitrogens with one attached hydrogen (secondary N) is 1. The Labute approximate surface area is 153 Å². The second-order valence-corrected chi connectivity index (χ2v) is 6.34. The topological polar surface area (TPSA) is 81.9 Å².